The van der Waals surface area contributed by atoms with Crippen molar-refractivity contribution in [3.8, 4) is 11.1 Å². The summed E-state index contributed by atoms with van der Waals surface area (Å²) in [6.07, 6.45) is 8.20. The third kappa shape index (κ3) is 3.42. The Morgan fingerprint density at radius 2 is 2.13 bits per heavy atom. The quantitative estimate of drug-likeness (QED) is 0.531. The first kappa shape index (κ1) is 18.4. The lowest BCUT2D eigenvalue weighted by Gasteiger charge is -2.22. The van der Waals surface area contributed by atoms with Crippen molar-refractivity contribution in [1.29, 1.82) is 0 Å². The predicted molar refractivity (Wildman–Crippen MR) is 108 cm³/mol. The second kappa shape index (κ2) is 7.33. The topological polar surface area (TPSA) is 101 Å². The lowest BCUT2D eigenvalue weighted by Crippen LogP contribution is -2.24. The predicted octanol–water partition coefficient (Wildman–Crippen LogP) is 3.09. The van der Waals surface area contributed by atoms with Gasteiger partial charge in [0.15, 0.2) is 11.3 Å². The van der Waals surface area contributed by atoms with Crippen LogP contribution in [0.5, 0.6) is 0 Å². The molecule has 3 aromatic heterocycles. The van der Waals surface area contributed by atoms with E-state index >= 15 is 0 Å². The molecule has 0 bridgehead atoms. The van der Waals surface area contributed by atoms with Crippen LogP contribution in [0.25, 0.3) is 22.3 Å². The van der Waals surface area contributed by atoms with Crippen molar-refractivity contribution in [3.05, 3.63) is 59.8 Å². The third-order valence-electron chi connectivity index (χ3n) is 5.46. The van der Waals surface area contributed by atoms with Gasteiger partial charge in [0, 0.05) is 31.3 Å². The molecule has 1 aliphatic rings. The molecule has 0 radical (unpaired) electrons. The normalized spacial score (nSPS) is 14.1. The Morgan fingerprint density at radius 3 is 2.87 bits per heavy atom. The highest BCUT2D eigenvalue weighted by Crippen LogP contribution is 2.35. The molecule has 0 atom stereocenters. The Balaban J connectivity index is 1.36. The van der Waals surface area contributed by atoms with Crippen LogP contribution in [-0.4, -0.2) is 35.6 Å². The molecule has 4 aromatic rings. The summed E-state index contributed by atoms with van der Waals surface area (Å²) in [6, 6.07) is 4.68. The van der Waals surface area contributed by atoms with Crippen LogP contribution < -0.4 is 5.32 Å². The van der Waals surface area contributed by atoms with E-state index in [2.05, 4.69) is 30.4 Å². The molecule has 2 N–H and O–H groups in total. The van der Waals surface area contributed by atoms with E-state index in [9.17, 15) is 9.18 Å². The summed E-state index contributed by atoms with van der Waals surface area (Å²) >= 11 is 0. The summed E-state index contributed by atoms with van der Waals surface area (Å²) < 4.78 is 15.8. The van der Waals surface area contributed by atoms with Crippen molar-refractivity contribution in [2.24, 2.45) is 7.05 Å². The number of nitrogens with zero attached hydrogens (tertiary/aromatic N) is 5. The number of nitrogens with one attached hydrogen (secondary N) is 2. The molecule has 1 fully saturated rings. The molecule has 0 spiro atoms. The maximum atomic E-state index is 14.1. The second-order valence-electron chi connectivity index (χ2n) is 7.60. The Bertz CT molecular complexity index is 1240. The first-order valence-corrected chi connectivity index (χ1v) is 9.84. The number of hydrogen-bond donors (Lipinski definition) is 2. The average molecular weight is 405 g/mol. The number of aromatic amines is 1. The van der Waals surface area contributed by atoms with Gasteiger partial charge in [0.05, 0.1) is 6.20 Å². The number of imidazole rings is 1. The zero-order chi connectivity index (χ0) is 20.7. The number of amides is 1. The fraction of sp³-hybridized carbons (Fsp3) is 0.286. The maximum absolute atomic E-state index is 14.1. The second-order valence-corrected chi connectivity index (χ2v) is 7.60. The van der Waals surface area contributed by atoms with E-state index in [1.54, 1.807) is 17.9 Å². The van der Waals surface area contributed by atoms with Crippen LogP contribution in [0.3, 0.4) is 0 Å². The van der Waals surface area contributed by atoms with Crippen molar-refractivity contribution in [2.45, 2.75) is 31.7 Å². The average Bonchev–Trinajstić information content (AvgIpc) is 3.30. The highest BCUT2D eigenvalue weighted by atomic mass is 19.1. The number of H-pyrrole nitrogens is 1. The van der Waals surface area contributed by atoms with Crippen LogP contribution >= 0.6 is 0 Å². The lowest BCUT2D eigenvalue weighted by atomic mass is 9.85. The van der Waals surface area contributed by atoms with Gasteiger partial charge in [-0.3, -0.25) is 9.48 Å². The molecule has 152 valence electrons. The van der Waals surface area contributed by atoms with Gasteiger partial charge in [0.1, 0.15) is 23.5 Å². The van der Waals surface area contributed by atoms with Crippen LogP contribution in [-0.2, 0) is 13.6 Å². The van der Waals surface area contributed by atoms with Gasteiger partial charge in [0.25, 0.3) is 5.91 Å². The number of carbonyl (C=O) groups excluding carboxylic acids is 1. The van der Waals surface area contributed by atoms with Gasteiger partial charge in [0.2, 0.25) is 0 Å². The van der Waals surface area contributed by atoms with Gasteiger partial charge >= 0.3 is 0 Å². The van der Waals surface area contributed by atoms with Crippen LogP contribution in [0, 0.1) is 5.82 Å². The molecule has 1 aliphatic carbocycles. The number of benzene rings is 1. The number of aryl methyl sites for hydroxylation is 1. The van der Waals surface area contributed by atoms with Crippen molar-refractivity contribution in [3.63, 3.8) is 0 Å². The van der Waals surface area contributed by atoms with E-state index in [4.69, 9.17) is 0 Å². The summed E-state index contributed by atoms with van der Waals surface area (Å²) in [6.45, 7) is 0.166. The Morgan fingerprint density at radius 1 is 1.27 bits per heavy atom. The van der Waals surface area contributed by atoms with Gasteiger partial charge in [-0.2, -0.15) is 5.10 Å². The van der Waals surface area contributed by atoms with E-state index in [-0.39, 0.29) is 24.0 Å². The molecule has 1 saturated carbocycles. The Kier molecular flexibility index (Phi) is 4.50. The van der Waals surface area contributed by atoms with E-state index in [0.29, 0.717) is 28.2 Å². The zero-order valence-corrected chi connectivity index (χ0v) is 16.4. The number of aromatic nitrogens is 6. The smallest absolute Gasteiger partial charge is 0.272 e. The standard InChI is InChI=1S/C21H20FN7O/c1-29-10-15(9-26-29)14-5-12(6-16(22)7-14)8-23-21(30)18-17-20(25-11-24-18)28-19(27-17)13-3-2-4-13/h5-7,9-11,13H,2-4,8H2,1H3,(H,23,30)(H,24,25,27,28). The fourth-order valence-corrected chi connectivity index (χ4v) is 3.65. The largest absolute Gasteiger partial charge is 0.347 e. The molecule has 0 saturated heterocycles. The first-order chi connectivity index (χ1) is 14.6. The number of hydrogen-bond acceptors (Lipinski definition) is 5. The van der Waals surface area contributed by atoms with Crippen LogP contribution in [0.2, 0.25) is 0 Å². The molecular weight excluding hydrogens is 385 g/mol. The number of rotatable bonds is 5. The van der Waals surface area contributed by atoms with Crippen molar-refractivity contribution < 1.29 is 9.18 Å². The van der Waals surface area contributed by atoms with Crippen LogP contribution in [0.15, 0.2) is 36.9 Å². The molecule has 5 rings (SSSR count). The first-order valence-electron chi connectivity index (χ1n) is 9.84. The van der Waals surface area contributed by atoms with Gasteiger partial charge in [-0.05, 0) is 42.2 Å². The fourth-order valence-electron chi connectivity index (χ4n) is 3.65. The summed E-state index contributed by atoms with van der Waals surface area (Å²) in [5, 5.41) is 6.94. The molecule has 0 unspecified atom stereocenters. The zero-order valence-electron chi connectivity index (χ0n) is 16.4. The molecule has 1 aromatic carbocycles. The molecule has 30 heavy (non-hydrogen) atoms. The monoisotopic (exact) mass is 405 g/mol. The van der Waals surface area contributed by atoms with Crippen LogP contribution in [0.1, 0.15) is 47.1 Å². The minimum absolute atomic E-state index is 0.166. The summed E-state index contributed by atoms with van der Waals surface area (Å²) in [5.74, 6) is 0.521. The number of halogens is 1. The molecule has 3 heterocycles. The van der Waals surface area contributed by atoms with E-state index in [1.807, 2.05) is 12.3 Å². The number of carbonyl (C=O) groups is 1. The lowest BCUT2D eigenvalue weighted by molar-refractivity contribution is 0.0947. The summed E-state index contributed by atoms with van der Waals surface area (Å²) in [4.78, 5) is 28.8. The Labute approximate surface area is 171 Å². The minimum Gasteiger partial charge on any atom is -0.347 e. The molecule has 0 aliphatic heterocycles. The van der Waals surface area contributed by atoms with Gasteiger partial charge in [-0.1, -0.05) is 6.42 Å². The van der Waals surface area contributed by atoms with Gasteiger partial charge in [-0.15, -0.1) is 0 Å². The van der Waals surface area contributed by atoms with Crippen molar-refractivity contribution >= 4 is 17.1 Å². The van der Waals surface area contributed by atoms with E-state index in [0.717, 1.165) is 24.2 Å². The van der Waals surface area contributed by atoms with Gasteiger partial charge in [-0.25, -0.2) is 19.3 Å². The molecular formula is C21H20FN7O. The van der Waals surface area contributed by atoms with Crippen LogP contribution in [0.4, 0.5) is 4.39 Å². The SMILES string of the molecule is Cn1cc(-c2cc(F)cc(CNC(=O)c3ncnc4nc(C5CCC5)[nH]c34)c2)cn1. The van der Waals surface area contributed by atoms with Crippen molar-refractivity contribution in [1.82, 2.24) is 35.0 Å². The minimum atomic E-state index is -0.372. The molecule has 1 amide bonds. The highest BCUT2D eigenvalue weighted by Gasteiger charge is 2.24. The van der Waals surface area contributed by atoms with Gasteiger partial charge < -0.3 is 10.3 Å². The highest BCUT2D eigenvalue weighted by molar-refractivity contribution is 6.02. The summed E-state index contributed by atoms with van der Waals surface area (Å²) in [7, 11) is 1.80. The third-order valence-corrected chi connectivity index (χ3v) is 5.46. The molecule has 9 heteroatoms. The molecule has 8 nitrogen and oxygen atoms in total. The van der Waals surface area contributed by atoms with E-state index in [1.165, 1.54) is 24.9 Å². The van der Waals surface area contributed by atoms with Crippen molar-refractivity contribution in [2.75, 3.05) is 0 Å². The summed E-state index contributed by atoms with van der Waals surface area (Å²) in [5.41, 5.74) is 3.42. The Hall–Kier alpha value is -3.62. The van der Waals surface area contributed by atoms with E-state index < -0.39 is 0 Å². The number of fused-ring (bicyclic) bond motifs is 1. The maximum Gasteiger partial charge on any atom is 0.272 e.